The van der Waals surface area contributed by atoms with Crippen molar-refractivity contribution in [1.29, 1.82) is 5.26 Å². The summed E-state index contributed by atoms with van der Waals surface area (Å²) in [5, 5.41) is 9.16. The highest BCUT2D eigenvalue weighted by atomic mass is 16.5. The second kappa shape index (κ2) is 7.32. The molecule has 3 rings (SSSR count). The number of benzene rings is 1. The highest BCUT2D eigenvalue weighted by Crippen LogP contribution is 2.35. The fourth-order valence-electron chi connectivity index (χ4n) is 3.89. The Kier molecular flexibility index (Phi) is 5.14. The van der Waals surface area contributed by atoms with E-state index in [2.05, 4.69) is 11.0 Å². The molecule has 1 atom stereocenters. The zero-order valence-corrected chi connectivity index (χ0v) is 15.1. The molecule has 1 spiro atoms. The van der Waals surface area contributed by atoms with Crippen molar-refractivity contribution in [3.05, 3.63) is 29.8 Å². The van der Waals surface area contributed by atoms with Gasteiger partial charge in [0.25, 0.3) is 0 Å². The molecule has 0 saturated carbocycles. The van der Waals surface area contributed by atoms with Gasteiger partial charge >= 0.3 is 6.03 Å². The second-order valence-corrected chi connectivity index (χ2v) is 7.34. The molecular weight excluding hydrogens is 316 g/mol. The Labute approximate surface area is 149 Å². The fourth-order valence-corrected chi connectivity index (χ4v) is 3.89. The van der Waals surface area contributed by atoms with Gasteiger partial charge in [0, 0.05) is 51.4 Å². The van der Waals surface area contributed by atoms with Crippen LogP contribution in [0.25, 0.3) is 0 Å². The Hall–Kier alpha value is -2.26. The van der Waals surface area contributed by atoms with Gasteiger partial charge in [-0.25, -0.2) is 4.79 Å². The quantitative estimate of drug-likeness (QED) is 0.785. The average molecular weight is 342 g/mol. The molecule has 2 heterocycles. The van der Waals surface area contributed by atoms with Crippen LogP contribution in [0.3, 0.4) is 0 Å². The molecule has 2 aliphatic heterocycles. The molecule has 2 saturated heterocycles. The summed E-state index contributed by atoms with van der Waals surface area (Å²) in [5.74, 6) is 0. The predicted molar refractivity (Wildman–Crippen MR) is 96.5 cm³/mol. The molecule has 0 N–H and O–H groups in total. The normalized spacial score (nSPS) is 23.9. The van der Waals surface area contributed by atoms with E-state index in [-0.39, 0.29) is 11.4 Å². The summed E-state index contributed by atoms with van der Waals surface area (Å²) in [6.45, 7) is 4.53. The Balaban J connectivity index is 1.81. The van der Waals surface area contributed by atoms with Gasteiger partial charge in [-0.1, -0.05) is 6.07 Å². The summed E-state index contributed by atoms with van der Waals surface area (Å²) in [6.07, 6.45) is 2.05. The summed E-state index contributed by atoms with van der Waals surface area (Å²) >= 11 is 0. The van der Waals surface area contributed by atoms with E-state index in [1.54, 1.807) is 19.0 Å². The molecule has 2 aliphatic rings. The Morgan fingerprint density at radius 2 is 2.16 bits per heavy atom. The monoisotopic (exact) mass is 342 g/mol. The van der Waals surface area contributed by atoms with Crippen molar-refractivity contribution < 1.29 is 9.53 Å². The number of ether oxygens (including phenoxy) is 1. The number of nitrogens with zero attached hydrogens (tertiary/aromatic N) is 4. The SMILES string of the molecule is CN(C)C(=O)N1CCC[C@@]2(COCCN(c3cccc(C#N)c3)C2)C1. The molecule has 0 aliphatic carbocycles. The van der Waals surface area contributed by atoms with E-state index in [0.29, 0.717) is 18.8 Å². The topological polar surface area (TPSA) is 59.8 Å². The van der Waals surface area contributed by atoms with E-state index in [4.69, 9.17) is 10.00 Å². The van der Waals surface area contributed by atoms with Crippen molar-refractivity contribution in [1.82, 2.24) is 9.80 Å². The molecule has 6 heteroatoms. The van der Waals surface area contributed by atoms with Crippen molar-refractivity contribution in [2.75, 3.05) is 58.4 Å². The van der Waals surface area contributed by atoms with Crippen molar-refractivity contribution in [2.24, 2.45) is 5.41 Å². The Morgan fingerprint density at radius 3 is 2.92 bits per heavy atom. The minimum absolute atomic E-state index is 0.0525. The number of hydrogen-bond acceptors (Lipinski definition) is 4. The van der Waals surface area contributed by atoms with Crippen LogP contribution in [0.2, 0.25) is 0 Å². The molecule has 134 valence electrons. The lowest BCUT2D eigenvalue weighted by Crippen LogP contribution is -2.54. The van der Waals surface area contributed by atoms with Crippen LogP contribution in [0.1, 0.15) is 18.4 Å². The first-order valence-electron chi connectivity index (χ1n) is 8.82. The van der Waals surface area contributed by atoms with Crippen molar-refractivity contribution in [2.45, 2.75) is 12.8 Å². The Morgan fingerprint density at radius 1 is 1.32 bits per heavy atom. The lowest BCUT2D eigenvalue weighted by Gasteiger charge is -2.44. The highest BCUT2D eigenvalue weighted by molar-refractivity contribution is 5.74. The summed E-state index contributed by atoms with van der Waals surface area (Å²) in [4.78, 5) is 18.3. The molecular formula is C19H26N4O2. The van der Waals surface area contributed by atoms with Crippen molar-refractivity contribution in [3.63, 3.8) is 0 Å². The molecule has 6 nitrogen and oxygen atoms in total. The van der Waals surface area contributed by atoms with E-state index in [1.807, 2.05) is 29.2 Å². The van der Waals surface area contributed by atoms with Crippen LogP contribution in [-0.4, -0.2) is 69.3 Å². The van der Waals surface area contributed by atoms with Gasteiger partial charge in [-0.2, -0.15) is 5.26 Å². The van der Waals surface area contributed by atoms with Gasteiger partial charge in [-0.15, -0.1) is 0 Å². The lowest BCUT2D eigenvalue weighted by atomic mass is 9.80. The number of anilines is 1. The molecule has 25 heavy (non-hydrogen) atoms. The van der Waals surface area contributed by atoms with E-state index in [1.165, 1.54) is 0 Å². The van der Waals surface area contributed by atoms with Gasteiger partial charge in [-0.05, 0) is 31.0 Å². The zero-order valence-electron chi connectivity index (χ0n) is 15.1. The predicted octanol–water partition coefficient (Wildman–Crippen LogP) is 2.16. The first-order valence-corrected chi connectivity index (χ1v) is 8.82. The van der Waals surface area contributed by atoms with Gasteiger partial charge in [-0.3, -0.25) is 0 Å². The minimum atomic E-state index is -0.0525. The fraction of sp³-hybridized carbons (Fsp3) is 0.579. The summed E-state index contributed by atoms with van der Waals surface area (Å²) in [6, 6.07) is 10.0. The highest BCUT2D eigenvalue weighted by Gasteiger charge is 2.40. The average Bonchev–Trinajstić information content (AvgIpc) is 2.83. The summed E-state index contributed by atoms with van der Waals surface area (Å²) < 4.78 is 5.93. The lowest BCUT2D eigenvalue weighted by molar-refractivity contribution is 0.0210. The third-order valence-corrected chi connectivity index (χ3v) is 5.09. The van der Waals surface area contributed by atoms with Crippen LogP contribution in [0.15, 0.2) is 24.3 Å². The van der Waals surface area contributed by atoms with Gasteiger partial charge < -0.3 is 19.4 Å². The number of hydrogen-bond donors (Lipinski definition) is 0. The van der Waals surface area contributed by atoms with Gasteiger partial charge in [0.1, 0.15) is 0 Å². The molecule has 0 bridgehead atoms. The number of amides is 2. The standard InChI is InChI=1S/C19H26N4O2/c1-21(2)18(24)23-8-4-7-19(14-23)13-22(9-10-25-15-19)17-6-3-5-16(11-17)12-20/h3,5-6,11H,4,7-10,13-15H2,1-2H3/t19-/m0/s1. The van der Waals surface area contributed by atoms with E-state index >= 15 is 0 Å². The van der Waals surface area contributed by atoms with Crippen LogP contribution in [0.5, 0.6) is 0 Å². The molecule has 2 fully saturated rings. The first kappa shape index (κ1) is 17.6. The third-order valence-electron chi connectivity index (χ3n) is 5.09. The van der Waals surface area contributed by atoms with E-state index in [9.17, 15) is 4.79 Å². The Bertz CT molecular complexity index is 670. The maximum absolute atomic E-state index is 12.4. The maximum atomic E-state index is 12.4. The number of carbonyl (C=O) groups excluding carboxylic acids is 1. The van der Waals surface area contributed by atoms with Crippen LogP contribution in [0, 0.1) is 16.7 Å². The summed E-state index contributed by atoms with van der Waals surface area (Å²) in [5.41, 5.74) is 1.67. The second-order valence-electron chi connectivity index (χ2n) is 7.34. The van der Waals surface area contributed by atoms with Gasteiger partial charge in [0.2, 0.25) is 0 Å². The molecule has 0 unspecified atom stereocenters. The molecule has 0 aromatic heterocycles. The zero-order chi connectivity index (χ0) is 17.9. The first-order chi connectivity index (χ1) is 12.0. The minimum Gasteiger partial charge on any atom is -0.379 e. The van der Waals surface area contributed by atoms with E-state index < -0.39 is 0 Å². The number of likely N-dealkylation sites (tertiary alicyclic amines) is 1. The van der Waals surface area contributed by atoms with E-state index in [0.717, 1.165) is 44.7 Å². The van der Waals surface area contributed by atoms with Crippen LogP contribution in [-0.2, 0) is 4.74 Å². The van der Waals surface area contributed by atoms with Crippen LogP contribution >= 0.6 is 0 Å². The van der Waals surface area contributed by atoms with Crippen molar-refractivity contribution in [3.8, 4) is 6.07 Å². The molecule has 0 radical (unpaired) electrons. The smallest absolute Gasteiger partial charge is 0.319 e. The van der Waals surface area contributed by atoms with Gasteiger partial charge in [0.15, 0.2) is 0 Å². The molecule has 1 aromatic rings. The number of carbonyl (C=O) groups is 1. The number of nitriles is 1. The molecule has 1 aromatic carbocycles. The maximum Gasteiger partial charge on any atom is 0.319 e. The third kappa shape index (κ3) is 3.88. The number of rotatable bonds is 1. The van der Waals surface area contributed by atoms with Crippen molar-refractivity contribution >= 4 is 11.7 Å². The number of urea groups is 1. The van der Waals surface area contributed by atoms with Crippen LogP contribution < -0.4 is 4.90 Å². The molecule has 2 amide bonds. The number of piperidine rings is 1. The van der Waals surface area contributed by atoms with Gasteiger partial charge in [0.05, 0.1) is 24.8 Å². The largest absolute Gasteiger partial charge is 0.379 e. The van der Waals surface area contributed by atoms with Crippen LogP contribution in [0.4, 0.5) is 10.5 Å². The summed E-state index contributed by atoms with van der Waals surface area (Å²) in [7, 11) is 3.60.